The quantitative estimate of drug-likeness (QED) is 0.905. The molecule has 0 spiro atoms. The van der Waals surface area contributed by atoms with Crippen molar-refractivity contribution in [1.29, 1.82) is 0 Å². The van der Waals surface area contributed by atoms with Crippen LogP contribution in [0.15, 0.2) is 41.0 Å². The van der Waals surface area contributed by atoms with E-state index in [0.717, 1.165) is 10.9 Å². The molecule has 1 aliphatic rings. The third-order valence-corrected chi connectivity index (χ3v) is 3.59. The first kappa shape index (κ1) is 15.4. The van der Waals surface area contributed by atoms with Crippen molar-refractivity contribution in [3.05, 3.63) is 47.9 Å². The Labute approximate surface area is 129 Å². The zero-order valence-corrected chi connectivity index (χ0v) is 12.1. The minimum Gasteiger partial charge on any atom is -0.463 e. The van der Waals surface area contributed by atoms with Crippen LogP contribution in [0.5, 0.6) is 5.75 Å². The third kappa shape index (κ3) is 2.65. The van der Waals surface area contributed by atoms with Gasteiger partial charge in [-0.1, -0.05) is 6.07 Å². The Kier molecular flexibility index (Phi) is 3.56. The van der Waals surface area contributed by atoms with E-state index < -0.39 is 17.8 Å². The van der Waals surface area contributed by atoms with Gasteiger partial charge in [-0.3, -0.25) is 10.1 Å². The van der Waals surface area contributed by atoms with E-state index in [9.17, 15) is 18.0 Å². The van der Waals surface area contributed by atoms with Gasteiger partial charge in [-0.15, -0.1) is 0 Å². The number of carbonyl (C=O) groups excluding carboxylic acids is 1. The Morgan fingerprint density at radius 2 is 2.09 bits per heavy atom. The van der Waals surface area contributed by atoms with Crippen molar-refractivity contribution in [2.75, 3.05) is 5.32 Å². The lowest BCUT2D eigenvalue weighted by Crippen LogP contribution is -3.04. The number of quaternary nitrogens is 1. The number of aryl methyl sites for hydroxylation is 1. The Bertz CT molecular complexity index is 728. The number of alkyl halides is 3. The van der Waals surface area contributed by atoms with Crippen molar-refractivity contribution in [2.24, 2.45) is 0 Å². The summed E-state index contributed by atoms with van der Waals surface area (Å²) in [6.45, 7) is 1.53. The van der Waals surface area contributed by atoms with E-state index in [0.29, 0.717) is 5.76 Å². The number of hydrogen-bond acceptors (Lipinski definition) is 3. The topological polar surface area (TPSA) is 68.1 Å². The van der Waals surface area contributed by atoms with Gasteiger partial charge in [-0.2, -0.15) is 13.2 Å². The molecule has 1 amide bonds. The second-order valence-electron chi connectivity index (χ2n) is 5.28. The highest BCUT2D eigenvalue weighted by atomic mass is 19.4. The number of halogens is 3. The van der Waals surface area contributed by atoms with Crippen LogP contribution in [0, 0.1) is 6.92 Å². The lowest BCUT2D eigenvalue weighted by Gasteiger charge is -2.35. The summed E-state index contributed by atoms with van der Waals surface area (Å²) in [5.41, 5.74) is -2.12. The van der Waals surface area contributed by atoms with Gasteiger partial charge in [0.05, 0.1) is 12.0 Å². The molecule has 0 unspecified atom stereocenters. The van der Waals surface area contributed by atoms with Crippen molar-refractivity contribution in [1.82, 2.24) is 0 Å². The van der Waals surface area contributed by atoms with Gasteiger partial charge in [0.25, 0.3) is 0 Å². The molecule has 2 aromatic rings. The Balaban J connectivity index is 1.97. The van der Waals surface area contributed by atoms with Crippen LogP contribution in [0.4, 0.5) is 18.9 Å². The van der Waals surface area contributed by atoms with Crippen LogP contribution in [0.3, 0.4) is 0 Å². The van der Waals surface area contributed by atoms with E-state index in [1.54, 1.807) is 19.1 Å². The maximum absolute atomic E-state index is 13.6. The number of nitrogens with two attached hydrogens (primary N) is 1. The number of furan rings is 1. The van der Waals surface area contributed by atoms with Crippen molar-refractivity contribution in [3.8, 4) is 5.75 Å². The molecule has 0 saturated heterocycles. The van der Waals surface area contributed by atoms with E-state index in [1.165, 1.54) is 24.5 Å². The first-order chi connectivity index (χ1) is 10.8. The van der Waals surface area contributed by atoms with Gasteiger partial charge in [0.1, 0.15) is 6.54 Å². The fourth-order valence-corrected chi connectivity index (χ4v) is 2.36. The van der Waals surface area contributed by atoms with E-state index >= 15 is 0 Å². The summed E-state index contributed by atoms with van der Waals surface area (Å²) < 4.78 is 51.0. The molecular weight excluding hydrogens is 313 g/mol. The van der Waals surface area contributed by atoms with Crippen LogP contribution in [0.2, 0.25) is 0 Å². The molecular formula is C15H14F3N2O3+. The minimum absolute atomic E-state index is 0.0161. The largest absolute Gasteiger partial charge is 0.496 e. The van der Waals surface area contributed by atoms with Crippen LogP contribution < -0.4 is 15.4 Å². The number of anilines is 1. The first-order valence-corrected chi connectivity index (χ1v) is 6.86. The molecule has 8 heteroatoms. The van der Waals surface area contributed by atoms with Gasteiger partial charge in [0.15, 0.2) is 11.5 Å². The van der Waals surface area contributed by atoms with Crippen LogP contribution >= 0.6 is 0 Å². The summed E-state index contributed by atoms with van der Waals surface area (Å²) in [6, 6.07) is 7.73. The highest BCUT2D eigenvalue weighted by molar-refractivity contribution is 6.00. The molecule has 1 aromatic carbocycles. The summed E-state index contributed by atoms with van der Waals surface area (Å²) in [4.78, 5) is 12.2. The number of amides is 1. The van der Waals surface area contributed by atoms with Gasteiger partial charge in [-0.25, -0.2) is 0 Å². The van der Waals surface area contributed by atoms with Gasteiger partial charge >= 0.3 is 17.8 Å². The normalized spacial score (nSPS) is 20.6. The van der Waals surface area contributed by atoms with Crippen molar-refractivity contribution < 1.29 is 32.4 Å². The van der Waals surface area contributed by atoms with Crippen LogP contribution in [-0.4, -0.2) is 17.8 Å². The van der Waals surface area contributed by atoms with Gasteiger partial charge in [0, 0.05) is 0 Å². The summed E-state index contributed by atoms with van der Waals surface area (Å²) in [5.74, 6) is -0.981. The van der Waals surface area contributed by atoms with E-state index in [-0.39, 0.29) is 18.0 Å². The SMILES string of the molecule is Cc1ccc2c(c1)O[C@@]([NH2+]Cc1ccco1)(C(F)(F)F)C(=O)N2. The Morgan fingerprint density at radius 1 is 1.30 bits per heavy atom. The molecule has 0 aliphatic carbocycles. The molecule has 3 rings (SSSR count). The minimum atomic E-state index is -4.91. The predicted molar refractivity (Wildman–Crippen MR) is 73.6 cm³/mol. The molecule has 3 N–H and O–H groups in total. The molecule has 1 atom stereocenters. The number of fused-ring (bicyclic) bond motifs is 1. The van der Waals surface area contributed by atoms with Crippen LogP contribution in [-0.2, 0) is 11.3 Å². The fourth-order valence-electron chi connectivity index (χ4n) is 2.36. The average molecular weight is 327 g/mol. The third-order valence-electron chi connectivity index (χ3n) is 3.59. The molecule has 1 aromatic heterocycles. The number of benzene rings is 1. The second kappa shape index (κ2) is 5.31. The van der Waals surface area contributed by atoms with Crippen LogP contribution in [0.25, 0.3) is 0 Å². The van der Waals surface area contributed by atoms with Crippen molar-refractivity contribution in [2.45, 2.75) is 25.4 Å². The maximum atomic E-state index is 13.6. The van der Waals surface area contributed by atoms with Gasteiger partial charge in [-0.05, 0) is 36.8 Å². The van der Waals surface area contributed by atoms with E-state index in [4.69, 9.17) is 9.15 Å². The van der Waals surface area contributed by atoms with E-state index in [1.807, 2.05) is 0 Å². The summed E-state index contributed by atoms with van der Waals surface area (Å²) in [7, 11) is 0. The number of rotatable bonds is 3. The highest BCUT2D eigenvalue weighted by Crippen LogP contribution is 2.39. The zero-order chi connectivity index (χ0) is 16.7. The monoisotopic (exact) mass is 327 g/mol. The number of ether oxygens (including phenoxy) is 1. The smallest absolute Gasteiger partial charge is 0.463 e. The lowest BCUT2D eigenvalue weighted by atomic mass is 10.1. The average Bonchev–Trinajstić information content (AvgIpc) is 2.97. The number of nitrogens with one attached hydrogen (secondary N) is 1. The lowest BCUT2D eigenvalue weighted by molar-refractivity contribution is -0.784. The second-order valence-corrected chi connectivity index (χ2v) is 5.28. The molecule has 1 aliphatic heterocycles. The fraction of sp³-hybridized carbons (Fsp3) is 0.267. The maximum Gasteiger partial charge on any atom is 0.496 e. The molecule has 0 radical (unpaired) electrons. The number of carbonyl (C=O) groups is 1. The molecule has 23 heavy (non-hydrogen) atoms. The van der Waals surface area contributed by atoms with Gasteiger partial charge in [0.2, 0.25) is 0 Å². The predicted octanol–water partition coefficient (Wildman–Crippen LogP) is 1.94. The van der Waals surface area contributed by atoms with Gasteiger partial charge < -0.3 is 14.5 Å². The van der Waals surface area contributed by atoms with Crippen molar-refractivity contribution in [3.63, 3.8) is 0 Å². The molecule has 0 fully saturated rings. The molecule has 2 heterocycles. The number of hydrogen-bond donors (Lipinski definition) is 2. The standard InChI is InChI=1S/C15H13F3N2O3/c1-9-4-5-11-12(7-9)23-14(13(21)20-11,15(16,17)18)19-8-10-3-2-6-22-10/h2-7,19H,8H2,1H3,(H,20,21)/p+1/t14-/m1/s1. The molecule has 122 valence electrons. The Hall–Kier alpha value is -2.48. The highest BCUT2D eigenvalue weighted by Gasteiger charge is 2.69. The van der Waals surface area contributed by atoms with Crippen LogP contribution in [0.1, 0.15) is 11.3 Å². The molecule has 0 bridgehead atoms. The molecule has 5 nitrogen and oxygen atoms in total. The van der Waals surface area contributed by atoms with Crippen molar-refractivity contribution >= 4 is 11.6 Å². The zero-order valence-electron chi connectivity index (χ0n) is 12.1. The van der Waals surface area contributed by atoms with E-state index in [2.05, 4.69) is 5.32 Å². The molecule has 0 saturated carbocycles. The Morgan fingerprint density at radius 3 is 2.74 bits per heavy atom. The summed E-state index contributed by atoms with van der Waals surface area (Å²) in [5, 5.41) is 3.05. The summed E-state index contributed by atoms with van der Waals surface area (Å²) >= 11 is 0. The first-order valence-electron chi connectivity index (χ1n) is 6.86. The summed E-state index contributed by atoms with van der Waals surface area (Å²) in [6.07, 6.45) is -3.56.